The fraction of sp³-hybridized carbons (Fsp3) is 0.409. The number of carbonyl (C=O) groups is 1. The quantitative estimate of drug-likeness (QED) is 0.762. The first-order valence-corrected chi connectivity index (χ1v) is 9.72. The van der Waals surface area contributed by atoms with Crippen molar-refractivity contribution in [3.63, 3.8) is 0 Å². The Morgan fingerprint density at radius 3 is 2.70 bits per heavy atom. The number of nitrogens with zero attached hydrogens (tertiary/aromatic N) is 1. The average molecular weight is 370 g/mol. The summed E-state index contributed by atoms with van der Waals surface area (Å²) in [5.41, 5.74) is 2.46. The number of benzene rings is 2. The molecule has 0 aromatic heterocycles. The SMILES string of the molecule is CCOc1ccccc1CCC(=O)Nc1cc(F)ccc1N1CCCCC1. The predicted octanol–water partition coefficient (Wildman–Crippen LogP) is 4.79. The van der Waals surface area contributed by atoms with Crippen molar-refractivity contribution >= 4 is 17.3 Å². The van der Waals surface area contributed by atoms with Gasteiger partial charge in [0, 0.05) is 19.5 Å². The summed E-state index contributed by atoms with van der Waals surface area (Å²) >= 11 is 0. The number of hydrogen-bond donors (Lipinski definition) is 1. The van der Waals surface area contributed by atoms with Gasteiger partial charge < -0.3 is 15.0 Å². The van der Waals surface area contributed by atoms with Gasteiger partial charge in [0.1, 0.15) is 11.6 Å². The van der Waals surface area contributed by atoms with E-state index in [1.54, 1.807) is 6.07 Å². The molecule has 1 aliphatic rings. The molecule has 0 spiro atoms. The number of para-hydroxylation sites is 1. The lowest BCUT2D eigenvalue weighted by molar-refractivity contribution is -0.116. The predicted molar refractivity (Wildman–Crippen MR) is 107 cm³/mol. The number of amides is 1. The molecule has 1 aliphatic heterocycles. The summed E-state index contributed by atoms with van der Waals surface area (Å²) in [6.07, 6.45) is 4.37. The molecule has 1 saturated heterocycles. The summed E-state index contributed by atoms with van der Waals surface area (Å²) in [5.74, 6) is 0.352. The van der Waals surface area contributed by atoms with Gasteiger partial charge in [-0.15, -0.1) is 0 Å². The van der Waals surface area contributed by atoms with Crippen LogP contribution in [0, 0.1) is 5.82 Å². The molecule has 5 heteroatoms. The maximum absolute atomic E-state index is 13.8. The van der Waals surface area contributed by atoms with Crippen LogP contribution in [-0.2, 0) is 11.2 Å². The molecule has 1 heterocycles. The minimum Gasteiger partial charge on any atom is -0.494 e. The average Bonchev–Trinajstić information content (AvgIpc) is 2.68. The number of rotatable bonds is 7. The molecule has 2 aromatic rings. The van der Waals surface area contributed by atoms with Crippen molar-refractivity contribution in [2.24, 2.45) is 0 Å². The van der Waals surface area contributed by atoms with Gasteiger partial charge in [-0.1, -0.05) is 18.2 Å². The smallest absolute Gasteiger partial charge is 0.224 e. The molecular weight excluding hydrogens is 343 g/mol. The largest absolute Gasteiger partial charge is 0.494 e. The van der Waals surface area contributed by atoms with E-state index in [0.29, 0.717) is 25.1 Å². The summed E-state index contributed by atoms with van der Waals surface area (Å²) < 4.78 is 19.4. The Kier molecular flexibility index (Phi) is 6.69. The highest BCUT2D eigenvalue weighted by Gasteiger charge is 2.17. The zero-order valence-electron chi connectivity index (χ0n) is 15.8. The first-order valence-electron chi connectivity index (χ1n) is 9.72. The fourth-order valence-corrected chi connectivity index (χ4v) is 3.49. The van der Waals surface area contributed by atoms with Crippen LogP contribution >= 0.6 is 0 Å². The Bertz CT molecular complexity index is 773. The van der Waals surface area contributed by atoms with Crippen molar-refractivity contribution in [2.75, 3.05) is 29.9 Å². The first-order chi connectivity index (χ1) is 13.2. The second-order valence-electron chi connectivity index (χ2n) is 6.80. The van der Waals surface area contributed by atoms with Gasteiger partial charge in [0.05, 0.1) is 18.0 Å². The second-order valence-corrected chi connectivity index (χ2v) is 6.80. The van der Waals surface area contributed by atoms with Crippen LogP contribution in [0.25, 0.3) is 0 Å². The van der Waals surface area contributed by atoms with Crippen molar-refractivity contribution in [3.05, 3.63) is 53.8 Å². The molecule has 0 atom stereocenters. The van der Waals surface area contributed by atoms with E-state index in [2.05, 4.69) is 10.2 Å². The lowest BCUT2D eigenvalue weighted by Gasteiger charge is -2.30. The van der Waals surface area contributed by atoms with E-state index < -0.39 is 0 Å². The van der Waals surface area contributed by atoms with Gasteiger partial charge in [0.25, 0.3) is 0 Å². The van der Waals surface area contributed by atoms with Crippen LogP contribution in [0.5, 0.6) is 5.75 Å². The van der Waals surface area contributed by atoms with Crippen LogP contribution in [0.4, 0.5) is 15.8 Å². The molecule has 0 unspecified atom stereocenters. The van der Waals surface area contributed by atoms with Crippen LogP contribution < -0.4 is 15.0 Å². The van der Waals surface area contributed by atoms with Crippen LogP contribution in [0.15, 0.2) is 42.5 Å². The summed E-state index contributed by atoms with van der Waals surface area (Å²) in [5, 5.41) is 2.91. The standard InChI is InChI=1S/C22H27FN2O2/c1-2-27-21-9-5-4-8-17(21)10-13-22(26)24-19-16-18(23)11-12-20(19)25-14-6-3-7-15-25/h4-5,8-9,11-12,16H,2-3,6-7,10,13-15H2,1H3,(H,24,26). The Labute approximate surface area is 160 Å². The summed E-state index contributed by atoms with van der Waals surface area (Å²) in [6, 6.07) is 12.4. The highest BCUT2D eigenvalue weighted by atomic mass is 19.1. The maximum atomic E-state index is 13.8. The highest BCUT2D eigenvalue weighted by Crippen LogP contribution is 2.29. The molecule has 3 rings (SSSR count). The van der Waals surface area contributed by atoms with E-state index in [0.717, 1.165) is 42.9 Å². The van der Waals surface area contributed by atoms with Crippen molar-refractivity contribution < 1.29 is 13.9 Å². The number of halogens is 1. The number of hydrogen-bond acceptors (Lipinski definition) is 3. The van der Waals surface area contributed by atoms with Crippen molar-refractivity contribution in [1.29, 1.82) is 0 Å². The molecule has 27 heavy (non-hydrogen) atoms. The lowest BCUT2D eigenvalue weighted by atomic mass is 10.1. The normalized spacial score (nSPS) is 14.1. The topological polar surface area (TPSA) is 41.6 Å². The van der Waals surface area contributed by atoms with Crippen molar-refractivity contribution in [3.8, 4) is 5.75 Å². The third-order valence-electron chi connectivity index (χ3n) is 4.82. The fourth-order valence-electron chi connectivity index (χ4n) is 3.49. The van der Waals surface area contributed by atoms with E-state index in [4.69, 9.17) is 4.74 Å². The molecule has 1 fully saturated rings. The summed E-state index contributed by atoms with van der Waals surface area (Å²) in [4.78, 5) is 14.7. The lowest BCUT2D eigenvalue weighted by Crippen LogP contribution is -2.30. The molecular formula is C22H27FN2O2. The molecule has 0 saturated carbocycles. The molecule has 0 aliphatic carbocycles. The van der Waals surface area contributed by atoms with Gasteiger partial charge in [0.15, 0.2) is 0 Å². The minimum absolute atomic E-state index is 0.120. The van der Waals surface area contributed by atoms with Crippen molar-refractivity contribution in [2.45, 2.75) is 39.0 Å². The number of ether oxygens (including phenoxy) is 1. The van der Waals surface area contributed by atoms with E-state index >= 15 is 0 Å². The number of nitrogens with one attached hydrogen (secondary N) is 1. The number of carbonyl (C=O) groups excluding carboxylic acids is 1. The molecule has 144 valence electrons. The maximum Gasteiger partial charge on any atom is 0.224 e. The summed E-state index contributed by atoms with van der Waals surface area (Å²) in [6.45, 7) is 4.41. The second kappa shape index (κ2) is 9.40. The minimum atomic E-state index is -0.340. The summed E-state index contributed by atoms with van der Waals surface area (Å²) in [7, 11) is 0. The van der Waals surface area contributed by atoms with E-state index in [1.165, 1.54) is 18.6 Å². The molecule has 0 radical (unpaired) electrons. The number of anilines is 2. The Hall–Kier alpha value is -2.56. The molecule has 2 aromatic carbocycles. The Morgan fingerprint density at radius 1 is 1.15 bits per heavy atom. The van der Waals surface area contributed by atoms with Gasteiger partial charge in [0.2, 0.25) is 5.91 Å². The van der Waals surface area contributed by atoms with E-state index in [9.17, 15) is 9.18 Å². The van der Waals surface area contributed by atoms with Gasteiger partial charge in [-0.05, 0) is 62.4 Å². The Morgan fingerprint density at radius 2 is 1.93 bits per heavy atom. The van der Waals surface area contributed by atoms with Gasteiger partial charge in [-0.3, -0.25) is 4.79 Å². The third-order valence-corrected chi connectivity index (χ3v) is 4.82. The van der Waals surface area contributed by atoms with Crippen LogP contribution in [-0.4, -0.2) is 25.6 Å². The first kappa shape index (κ1) is 19.2. The molecule has 0 bridgehead atoms. The molecule has 1 N–H and O–H groups in total. The van der Waals surface area contributed by atoms with E-state index in [1.807, 2.05) is 31.2 Å². The zero-order chi connectivity index (χ0) is 19.1. The van der Waals surface area contributed by atoms with Gasteiger partial charge >= 0.3 is 0 Å². The van der Waals surface area contributed by atoms with Crippen LogP contribution in [0.1, 0.15) is 38.2 Å². The number of piperidine rings is 1. The van der Waals surface area contributed by atoms with Crippen molar-refractivity contribution in [1.82, 2.24) is 0 Å². The van der Waals surface area contributed by atoms with Gasteiger partial charge in [-0.25, -0.2) is 4.39 Å². The van der Waals surface area contributed by atoms with Crippen LogP contribution in [0.2, 0.25) is 0 Å². The van der Waals surface area contributed by atoms with E-state index in [-0.39, 0.29) is 11.7 Å². The van der Waals surface area contributed by atoms with Crippen LogP contribution in [0.3, 0.4) is 0 Å². The Balaban J connectivity index is 1.66. The van der Waals surface area contributed by atoms with Gasteiger partial charge in [-0.2, -0.15) is 0 Å². The monoisotopic (exact) mass is 370 g/mol. The number of aryl methyl sites for hydroxylation is 1. The molecule has 1 amide bonds. The third kappa shape index (κ3) is 5.22. The zero-order valence-corrected chi connectivity index (χ0v) is 15.8. The highest BCUT2D eigenvalue weighted by molar-refractivity contribution is 5.94. The molecule has 4 nitrogen and oxygen atoms in total.